The van der Waals surface area contributed by atoms with Gasteiger partial charge in [-0.25, -0.2) is 9.50 Å². The van der Waals surface area contributed by atoms with Crippen LogP contribution in [0.2, 0.25) is 0 Å². The number of primary amides is 1. The minimum absolute atomic E-state index is 0.197. The van der Waals surface area contributed by atoms with Gasteiger partial charge in [-0.15, -0.1) is 5.10 Å². The van der Waals surface area contributed by atoms with Crippen LogP contribution in [0.15, 0.2) is 36.8 Å². The number of methoxy groups -OCH3 is 1. The molecule has 4 aromatic heterocycles. The molecule has 0 aromatic carbocycles. The molecule has 1 saturated carbocycles. The molecule has 1 aliphatic carbocycles. The number of hydrogen-bond acceptors (Lipinski definition) is 7. The summed E-state index contributed by atoms with van der Waals surface area (Å²) in [5.74, 6) is 0.368. The summed E-state index contributed by atoms with van der Waals surface area (Å²) in [5.41, 5.74) is 8.23. The van der Waals surface area contributed by atoms with Gasteiger partial charge in [0.15, 0.2) is 0 Å². The Bertz CT molecular complexity index is 1310. The topological polar surface area (TPSA) is 132 Å². The van der Waals surface area contributed by atoms with E-state index in [-0.39, 0.29) is 6.04 Å². The molecule has 10 nitrogen and oxygen atoms in total. The predicted molar refractivity (Wildman–Crippen MR) is 119 cm³/mol. The number of hydrogen-bond donors (Lipinski definition) is 3. The Labute approximate surface area is 184 Å². The van der Waals surface area contributed by atoms with E-state index in [1.54, 1.807) is 16.0 Å². The van der Waals surface area contributed by atoms with E-state index >= 15 is 0 Å². The van der Waals surface area contributed by atoms with E-state index in [1.165, 1.54) is 6.20 Å². The third-order valence-corrected chi connectivity index (χ3v) is 6.14. The molecule has 10 heteroatoms. The second kappa shape index (κ2) is 7.49. The maximum Gasteiger partial charge on any atom is 0.267 e. The highest BCUT2D eigenvalue weighted by Gasteiger charge is 2.29. The van der Waals surface area contributed by atoms with Crippen LogP contribution in [0.1, 0.15) is 43.1 Å². The maximum atomic E-state index is 11.7. The third-order valence-electron chi connectivity index (χ3n) is 6.14. The first-order valence-electron chi connectivity index (χ1n) is 10.5. The number of anilines is 1. The molecule has 0 saturated heterocycles. The Hall–Kier alpha value is -3.66. The SMILES string of the molecule is COc1nc(N[C@H]2CC[C@](C)(O)CC2)nn2ccc(-c3ccc4ncc(C(N)=O)n4c3)c12. The second-order valence-corrected chi connectivity index (χ2v) is 8.54. The van der Waals surface area contributed by atoms with Gasteiger partial charge in [-0.2, -0.15) is 4.98 Å². The Morgan fingerprint density at radius 2 is 2.09 bits per heavy atom. The van der Waals surface area contributed by atoms with E-state index in [0.29, 0.717) is 28.7 Å². The second-order valence-electron chi connectivity index (χ2n) is 8.54. The van der Waals surface area contributed by atoms with Gasteiger partial charge >= 0.3 is 0 Å². The zero-order chi connectivity index (χ0) is 22.5. The van der Waals surface area contributed by atoms with Crippen LogP contribution in [0.5, 0.6) is 5.88 Å². The van der Waals surface area contributed by atoms with Crippen molar-refractivity contribution in [1.29, 1.82) is 0 Å². The summed E-state index contributed by atoms with van der Waals surface area (Å²) in [6, 6.07) is 5.87. The van der Waals surface area contributed by atoms with Gasteiger partial charge in [0, 0.05) is 29.6 Å². The molecule has 1 aliphatic rings. The van der Waals surface area contributed by atoms with Gasteiger partial charge in [-0.3, -0.25) is 9.20 Å². The van der Waals surface area contributed by atoms with Crippen LogP contribution in [0, 0.1) is 0 Å². The first-order valence-corrected chi connectivity index (χ1v) is 10.5. The van der Waals surface area contributed by atoms with Crippen LogP contribution < -0.4 is 15.8 Å². The monoisotopic (exact) mass is 435 g/mol. The van der Waals surface area contributed by atoms with E-state index in [0.717, 1.165) is 36.8 Å². The Balaban J connectivity index is 1.51. The molecule has 0 aliphatic heterocycles. The van der Waals surface area contributed by atoms with Gasteiger partial charge in [0.1, 0.15) is 16.9 Å². The number of nitrogens with one attached hydrogen (secondary N) is 1. The number of pyridine rings is 1. The molecule has 0 atom stereocenters. The van der Waals surface area contributed by atoms with Crippen LogP contribution in [0.3, 0.4) is 0 Å². The largest absolute Gasteiger partial charge is 0.479 e. The standard InChI is InChI=1S/C22H25N7O3/c1-22(31)8-5-14(6-9-22)25-21-26-20(32-2)18-15(7-10-29(18)27-21)13-3-4-17-24-11-16(19(23)30)28(17)12-13/h3-4,7,10-12,14,31H,5-6,8-9H2,1-2H3,(H2,23,30)(H,25,27)/t14-,22-. The number of nitrogens with two attached hydrogens (primary N) is 1. The molecule has 0 bridgehead atoms. The van der Waals surface area contributed by atoms with Crippen molar-refractivity contribution in [3.63, 3.8) is 0 Å². The van der Waals surface area contributed by atoms with Crippen molar-refractivity contribution in [3.8, 4) is 17.0 Å². The van der Waals surface area contributed by atoms with Crippen molar-refractivity contribution >= 4 is 23.0 Å². The molecule has 166 valence electrons. The summed E-state index contributed by atoms with van der Waals surface area (Å²) in [6.07, 6.45) is 8.30. The highest BCUT2D eigenvalue weighted by atomic mass is 16.5. The van der Waals surface area contributed by atoms with Crippen LogP contribution in [0.4, 0.5) is 5.95 Å². The van der Waals surface area contributed by atoms with E-state index in [9.17, 15) is 9.90 Å². The minimum Gasteiger partial charge on any atom is -0.479 e. The van der Waals surface area contributed by atoms with E-state index in [4.69, 9.17) is 10.5 Å². The fourth-order valence-corrected chi connectivity index (χ4v) is 4.32. The summed E-state index contributed by atoms with van der Waals surface area (Å²) in [7, 11) is 1.57. The number of aromatic nitrogens is 5. The molecule has 5 rings (SSSR count). The first kappa shape index (κ1) is 20.3. The summed E-state index contributed by atoms with van der Waals surface area (Å²) in [5, 5.41) is 18.2. The molecule has 1 fully saturated rings. The fourth-order valence-electron chi connectivity index (χ4n) is 4.32. The Kier molecular flexibility index (Phi) is 4.74. The van der Waals surface area contributed by atoms with Crippen molar-refractivity contribution in [2.75, 3.05) is 12.4 Å². The lowest BCUT2D eigenvalue weighted by atomic mass is 9.84. The number of carbonyl (C=O) groups excluding carboxylic acids is 1. The van der Waals surface area contributed by atoms with Gasteiger partial charge in [0.2, 0.25) is 11.8 Å². The normalized spacial score (nSPS) is 21.2. The molecule has 32 heavy (non-hydrogen) atoms. The van der Waals surface area contributed by atoms with Crippen molar-refractivity contribution < 1.29 is 14.6 Å². The van der Waals surface area contributed by atoms with Crippen LogP contribution in [-0.4, -0.2) is 53.7 Å². The van der Waals surface area contributed by atoms with E-state index in [2.05, 4.69) is 20.4 Å². The van der Waals surface area contributed by atoms with Crippen molar-refractivity contribution in [2.45, 2.75) is 44.2 Å². The van der Waals surface area contributed by atoms with Crippen LogP contribution in [-0.2, 0) is 0 Å². The number of nitrogens with zero attached hydrogens (tertiary/aromatic N) is 5. The van der Waals surface area contributed by atoms with Crippen molar-refractivity contribution in [2.24, 2.45) is 5.73 Å². The Morgan fingerprint density at radius 1 is 1.31 bits per heavy atom. The molecule has 4 heterocycles. The minimum atomic E-state index is -0.596. The lowest BCUT2D eigenvalue weighted by Crippen LogP contribution is -2.36. The first-order chi connectivity index (χ1) is 15.3. The van der Waals surface area contributed by atoms with Crippen molar-refractivity contribution in [1.82, 2.24) is 24.0 Å². The maximum absolute atomic E-state index is 11.7. The van der Waals surface area contributed by atoms with Gasteiger partial charge in [-0.05, 0) is 50.8 Å². The Morgan fingerprint density at radius 3 is 2.81 bits per heavy atom. The number of imidazole rings is 1. The number of amides is 1. The van der Waals surface area contributed by atoms with E-state index < -0.39 is 11.5 Å². The van der Waals surface area contributed by atoms with Crippen molar-refractivity contribution in [3.05, 3.63) is 42.5 Å². The van der Waals surface area contributed by atoms with E-state index in [1.807, 2.05) is 37.5 Å². The summed E-state index contributed by atoms with van der Waals surface area (Å²) < 4.78 is 9.00. The van der Waals surface area contributed by atoms with Crippen LogP contribution >= 0.6 is 0 Å². The molecule has 4 aromatic rings. The fraction of sp³-hybridized carbons (Fsp3) is 0.364. The van der Waals surface area contributed by atoms with Gasteiger partial charge in [0.25, 0.3) is 5.91 Å². The average molecular weight is 435 g/mol. The van der Waals surface area contributed by atoms with Crippen LogP contribution in [0.25, 0.3) is 22.3 Å². The summed E-state index contributed by atoms with van der Waals surface area (Å²) >= 11 is 0. The smallest absolute Gasteiger partial charge is 0.267 e. The zero-order valence-corrected chi connectivity index (χ0v) is 17.9. The highest BCUT2D eigenvalue weighted by Crippen LogP contribution is 2.33. The average Bonchev–Trinajstić information content (AvgIpc) is 3.38. The van der Waals surface area contributed by atoms with Gasteiger partial charge < -0.3 is 20.9 Å². The van der Waals surface area contributed by atoms with Gasteiger partial charge in [-0.1, -0.05) is 0 Å². The molecule has 4 N–H and O–H groups in total. The summed E-state index contributed by atoms with van der Waals surface area (Å²) in [4.78, 5) is 20.5. The molecule has 1 amide bonds. The third kappa shape index (κ3) is 3.52. The lowest BCUT2D eigenvalue weighted by molar-refractivity contribution is 0.0195. The predicted octanol–water partition coefficient (Wildman–Crippen LogP) is 2.26. The quantitative estimate of drug-likeness (QED) is 0.438. The number of fused-ring (bicyclic) bond motifs is 2. The molecular formula is C22H25N7O3. The van der Waals surface area contributed by atoms with Gasteiger partial charge in [0.05, 0.1) is 18.9 Å². The zero-order valence-electron chi connectivity index (χ0n) is 17.9. The molecule has 0 radical (unpaired) electrons. The highest BCUT2D eigenvalue weighted by molar-refractivity contribution is 5.92. The number of rotatable bonds is 5. The summed E-state index contributed by atoms with van der Waals surface area (Å²) in [6.45, 7) is 1.88. The molecular weight excluding hydrogens is 410 g/mol. The lowest BCUT2D eigenvalue weighted by Gasteiger charge is -2.33. The number of ether oxygens (including phenoxy) is 1. The molecule has 0 unspecified atom stereocenters. The molecule has 0 spiro atoms. The number of carbonyl (C=O) groups is 1. The number of aliphatic hydroxyl groups is 1.